The minimum atomic E-state index is -0.115. The maximum absolute atomic E-state index is 12.1. The fraction of sp³-hybridized carbons (Fsp3) is 0.100. The molecule has 0 saturated carbocycles. The van der Waals surface area contributed by atoms with Crippen LogP contribution >= 0.6 is 11.6 Å². The highest BCUT2D eigenvalue weighted by Gasteiger charge is 2.05. The van der Waals surface area contributed by atoms with E-state index < -0.39 is 0 Å². The van der Waals surface area contributed by atoms with E-state index in [0.29, 0.717) is 16.6 Å². The van der Waals surface area contributed by atoms with Crippen molar-refractivity contribution in [2.24, 2.45) is 0 Å². The van der Waals surface area contributed by atoms with Gasteiger partial charge in [-0.3, -0.25) is 4.79 Å². The third kappa shape index (κ3) is 5.06. The lowest BCUT2D eigenvalue weighted by Gasteiger charge is -2.08. The van der Waals surface area contributed by atoms with Crippen molar-refractivity contribution in [2.45, 2.75) is 13.3 Å². The topological polar surface area (TPSA) is 51.2 Å². The van der Waals surface area contributed by atoms with Crippen LogP contribution in [0.3, 0.4) is 0 Å². The maximum atomic E-state index is 12.1. The first-order valence-electron chi connectivity index (χ1n) is 7.83. The van der Waals surface area contributed by atoms with E-state index in [1.807, 2.05) is 43.3 Å². The van der Waals surface area contributed by atoms with Gasteiger partial charge in [0.2, 0.25) is 11.8 Å². The van der Waals surface area contributed by atoms with E-state index in [2.05, 4.69) is 10.3 Å². The lowest BCUT2D eigenvalue weighted by Crippen LogP contribution is -2.14. The molecule has 1 amide bonds. The molecule has 0 bridgehead atoms. The monoisotopic (exact) mass is 352 g/mol. The highest BCUT2D eigenvalue weighted by atomic mass is 35.5. The van der Waals surface area contributed by atoms with Crippen LogP contribution < -0.4 is 10.1 Å². The molecule has 1 N–H and O–H groups in total. The standard InChI is InChI=1S/C20H17ClN2O2/c1-14-2-9-18(10-3-14)25-20-11-8-17(13-22-20)23-19(24)12-15-4-6-16(21)7-5-15/h2-11,13H,12H2,1H3,(H,23,24). The number of nitrogens with one attached hydrogen (secondary N) is 1. The van der Waals surface area contributed by atoms with Crippen LogP contribution in [0.2, 0.25) is 5.02 Å². The Balaban J connectivity index is 1.57. The van der Waals surface area contributed by atoms with E-state index in [9.17, 15) is 4.79 Å². The van der Waals surface area contributed by atoms with E-state index >= 15 is 0 Å². The Morgan fingerprint density at radius 2 is 1.76 bits per heavy atom. The molecule has 5 heteroatoms. The van der Waals surface area contributed by atoms with Crippen molar-refractivity contribution in [3.63, 3.8) is 0 Å². The molecule has 0 unspecified atom stereocenters. The summed E-state index contributed by atoms with van der Waals surface area (Å²) >= 11 is 5.84. The molecule has 25 heavy (non-hydrogen) atoms. The van der Waals surface area contributed by atoms with E-state index in [-0.39, 0.29) is 12.3 Å². The van der Waals surface area contributed by atoms with Crippen LogP contribution in [0.5, 0.6) is 11.6 Å². The molecule has 3 aromatic rings. The van der Waals surface area contributed by atoms with Crippen LogP contribution in [-0.4, -0.2) is 10.9 Å². The fourth-order valence-electron chi connectivity index (χ4n) is 2.23. The van der Waals surface area contributed by atoms with Crippen LogP contribution in [0, 0.1) is 6.92 Å². The van der Waals surface area contributed by atoms with Crippen LogP contribution in [0.15, 0.2) is 66.9 Å². The third-order valence-corrected chi connectivity index (χ3v) is 3.79. The SMILES string of the molecule is Cc1ccc(Oc2ccc(NC(=O)Cc3ccc(Cl)cc3)cn2)cc1. The predicted molar refractivity (Wildman–Crippen MR) is 99.3 cm³/mol. The van der Waals surface area contributed by atoms with E-state index in [1.165, 1.54) is 5.56 Å². The fourth-order valence-corrected chi connectivity index (χ4v) is 2.36. The number of benzene rings is 2. The molecule has 0 aliphatic heterocycles. The van der Waals surface area contributed by atoms with Gasteiger partial charge >= 0.3 is 0 Å². The number of hydrogen-bond donors (Lipinski definition) is 1. The second kappa shape index (κ2) is 7.81. The summed E-state index contributed by atoms with van der Waals surface area (Å²) in [7, 11) is 0. The Morgan fingerprint density at radius 1 is 1.04 bits per heavy atom. The first-order chi connectivity index (χ1) is 12.1. The Hall–Kier alpha value is -2.85. The lowest BCUT2D eigenvalue weighted by atomic mass is 10.1. The van der Waals surface area contributed by atoms with Crippen molar-refractivity contribution in [1.82, 2.24) is 4.98 Å². The number of hydrogen-bond acceptors (Lipinski definition) is 3. The first-order valence-corrected chi connectivity index (χ1v) is 8.21. The van der Waals surface area contributed by atoms with E-state index in [1.54, 1.807) is 30.5 Å². The average Bonchev–Trinajstić information content (AvgIpc) is 2.61. The molecule has 1 heterocycles. The summed E-state index contributed by atoms with van der Waals surface area (Å²) in [6.45, 7) is 2.02. The van der Waals surface area contributed by atoms with E-state index in [0.717, 1.165) is 11.3 Å². The smallest absolute Gasteiger partial charge is 0.228 e. The number of amides is 1. The summed E-state index contributed by atoms with van der Waals surface area (Å²) in [5.41, 5.74) is 2.68. The van der Waals surface area contributed by atoms with Crippen molar-refractivity contribution in [2.75, 3.05) is 5.32 Å². The molecule has 0 aliphatic rings. The van der Waals surface area contributed by atoms with E-state index in [4.69, 9.17) is 16.3 Å². The average molecular weight is 353 g/mol. The zero-order valence-electron chi connectivity index (χ0n) is 13.7. The van der Waals surface area contributed by atoms with Gasteiger partial charge in [-0.15, -0.1) is 0 Å². The molecule has 2 aromatic carbocycles. The largest absolute Gasteiger partial charge is 0.439 e. The summed E-state index contributed by atoms with van der Waals surface area (Å²) in [5, 5.41) is 3.46. The van der Waals surface area contributed by atoms with Gasteiger partial charge in [-0.1, -0.05) is 41.4 Å². The van der Waals surface area contributed by atoms with Crippen molar-refractivity contribution in [1.29, 1.82) is 0 Å². The molecule has 0 saturated heterocycles. The third-order valence-electron chi connectivity index (χ3n) is 3.54. The molecule has 0 fully saturated rings. The number of halogens is 1. The van der Waals surface area contributed by atoms with Crippen LogP contribution in [0.4, 0.5) is 5.69 Å². The number of anilines is 1. The number of nitrogens with zero attached hydrogens (tertiary/aromatic N) is 1. The van der Waals surface area contributed by atoms with Crippen molar-refractivity contribution < 1.29 is 9.53 Å². The van der Waals surface area contributed by atoms with Gasteiger partial charge in [0.1, 0.15) is 5.75 Å². The van der Waals surface area contributed by atoms with Gasteiger partial charge in [-0.25, -0.2) is 4.98 Å². The van der Waals surface area contributed by atoms with Gasteiger partial charge in [-0.2, -0.15) is 0 Å². The van der Waals surface area contributed by atoms with Crippen molar-refractivity contribution >= 4 is 23.2 Å². The molecule has 126 valence electrons. The zero-order chi connectivity index (χ0) is 17.6. The Morgan fingerprint density at radius 3 is 2.40 bits per heavy atom. The van der Waals surface area contributed by atoms with Gasteiger partial charge in [0.25, 0.3) is 0 Å². The number of ether oxygens (including phenoxy) is 1. The number of pyridine rings is 1. The number of aromatic nitrogens is 1. The summed E-state index contributed by atoms with van der Waals surface area (Å²) in [5.74, 6) is 1.08. The second-order valence-corrected chi connectivity index (χ2v) is 6.09. The lowest BCUT2D eigenvalue weighted by molar-refractivity contribution is -0.115. The van der Waals surface area contributed by atoms with Gasteiger partial charge in [0.05, 0.1) is 18.3 Å². The molecular weight excluding hydrogens is 336 g/mol. The number of carbonyl (C=O) groups is 1. The number of rotatable bonds is 5. The van der Waals surface area contributed by atoms with Crippen LogP contribution in [-0.2, 0) is 11.2 Å². The number of aryl methyl sites for hydroxylation is 1. The quantitative estimate of drug-likeness (QED) is 0.701. The summed E-state index contributed by atoms with van der Waals surface area (Å²) in [6, 6.07) is 18.4. The predicted octanol–water partition coefficient (Wildman–Crippen LogP) is 5.02. The minimum Gasteiger partial charge on any atom is -0.439 e. The molecule has 0 atom stereocenters. The van der Waals surface area contributed by atoms with Gasteiger partial charge in [0.15, 0.2) is 0 Å². The van der Waals surface area contributed by atoms with Crippen LogP contribution in [0.25, 0.3) is 0 Å². The summed E-state index contributed by atoms with van der Waals surface area (Å²) < 4.78 is 5.66. The van der Waals surface area contributed by atoms with Crippen molar-refractivity contribution in [3.05, 3.63) is 83.0 Å². The molecule has 0 aliphatic carbocycles. The van der Waals surface area contributed by atoms with Crippen LogP contribution in [0.1, 0.15) is 11.1 Å². The highest BCUT2D eigenvalue weighted by Crippen LogP contribution is 2.21. The highest BCUT2D eigenvalue weighted by molar-refractivity contribution is 6.30. The maximum Gasteiger partial charge on any atom is 0.228 e. The normalized spacial score (nSPS) is 10.3. The van der Waals surface area contributed by atoms with Crippen molar-refractivity contribution in [3.8, 4) is 11.6 Å². The first kappa shape index (κ1) is 17.0. The summed E-state index contributed by atoms with van der Waals surface area (Å²) in [4.78, 5) is 16.3. The number of carbonyl (C=O) groups excluding carboxylic acids is 1. The molecule has 0 radical (unpaired) electrons. The Bertz CT molecular complexity index is 844. The van der Waals surface area contributed by atoms with Gasteiger partial charge in [-0.05, 0) is 42.8 Å². The molecular formula is C20H17ClN2O2. The summed E-state index contributed by atoms with van der Waals surface area (Å²) in [6.07, 6.45) is 1.85. The Kier molecular flexibility index (Phi) is 5.31. The molecule has 1 aromatic heterocycles. The molecule has 4 nitrogen and oxygen atoms in total. The Labute approximate surface area is 151 Å². The van der Waals surface area contributed by atoms with Gasteiger partial charge < -0.3 is 10.1 Å². The second-order valence-electron chi connectivity index (χ2n) is 5.65. The molecule has 3 rings (SSSR count). The molecule has 0 spiro atoms. The minimum absolute atomic E-state index is 0.115. The van der Waals surface area contributed by atoms with Gasteiger partial charge in [0, 0.05) is 11.1 Å². The zero-order valence-corrected chi connectivity index (χ0v) is 14.5.